The van der Waals surface area contributed by atoms with E-state index in [-0.39, 0.29) is 0 Å². The van der Waals surface area contributed by atoms with Crippen molar-refractivity contribution in [3.63, 3.8) is 0 Å². The molecule has 0 saturated carbocycles. The lowest BCUT2D eigenvalue weighted by Gasteiger charge is -2.35. The van der Waals surface area contributed by atoms with Crippen LogP contribution in [0.4, 0.5) is 17.1 Å². The number of likely N-dealkylation sites (N-methyl/N-ethyl adjacent to an activating group) is 1. The van der Waals surface area contributed by atoms with Gasteiger partial charge in [0.15, 0.2) is 0 Å². The Hall–Kier alpha value is -2.77. The Morgan fingerprint density at radius 3 is 2.34 bits per heavy atom. The third-order valence-electron chi connectivity index (χ3n) is 6.23. The maximum Gasteiger partial charge on any atom is 0.211 e. The van der Waals surface area contributed by atoms with Crippen molar-refractivity contribution in [1.29, 1.82) is 0 Å². The van der Waals surface area contributed by atoms with Gasteiger partial charge in [-0.25, -0.2) is 0 Å². The first-order valence-electron chi connectivity index (χ1n) is 11.6. The highest BCUT2D eigenvalue weighted by Crippen LogP contribution is 2.35. The number of benzene rings is 2. The van der Waals surface area contributed by atoms with Gasteiger partial charge in [-0.2, -0.15) is 0 Å². The Morgan fingerprint density at radius 2 is 1.62 bits per heavy atom. The summed E-state index contributed by atoms with van der Waals surface area (Å²) in [5.74, 6) is 1.14. The molecular formula is C25H34N4O3. The predicted octanol–water partition coefficient (Wildman–Crippen LogP) is 2.85. The van der Waals surface area contributed by atoms with Crippen molar-refractivity contribution in [3.05, 3.63) is 48.0 Å². The number of nitrogens with zero attached hydrogens (tertiary/aromatic N) is 3. The Kier molecular flexibility index (Phi) is 7.85. The molecule has 3 heterocycles. The first kappa shape index (κ1) is 22.4. The molecule has 2 saturated heterocycles. The van der Waals surface area contributed by atoms with E-state index in [0.717, 1.165) is 83.4 Å². The van der Waals surface area contributed by atoms with Crippen LogP contribution in [0.25, 0.3) is 0 Å². The van der Waals surface area contributed by atoms with Gasteiger partial charge in [-0.1, -0.05) is 12.1 Å². The third kappa shape index (κ3) is 5.72. The number of para-hydroxylation sites is 1. The monoisotopic (exact) mass is 438 g/mol. The maximum atomic E-state index is 10.2. The number of carbonyl (C=O) groups excluding carboxylic acids is 1. The van der Waals surface area contributed by atoms with Gasteiger partial charge in [-0.05, 0) is 55.8 Å². The molecule has 3 aliphatic heterocycles. The van der Waals surface area contributed by atoms with E-state index in [9.17, 15) is 4.79 Å². The van der Waals surface area contributed by atoms with Gasteiger partial charge < -0.3 is 29.5 Å². The molecule has 0 unspecified atom stereocenters. The fourth-order valence-corrected chi connectivity index (χ4v) is 4.33. The van der Waals surface area contributed by atoms with E-state index in [1.165, 1.54) is 16.9 Å². The van der Waals surface area contributed by atoms with Gasteiger partial charge in [-0.15, -0.1) is 0 Å². The second-order valence-corrected chi connectivity index (χ2v) is 8.42. The summed E-state index contributed by atoms with van der Waals surface area (Å²) < 4.78 is 11.2. The van der Waals surface area contributed by atoms with Crippen molar-refractivity contribution in [3.8, 4) is 5.75 Å². The highest BCUT2D eigenvalue weighted by Gasteiger charge is 2.21. The van der Waals surface area contributed by atoms with E-state index < -0.39 is 0 Å². The zero-order chi connectivity index (χ0) is 22.2. The molecule has 3 aliphatic rings. The zero-order valence-corrected chi connectivity index (χ0v) is 19.0. The number of fused-ring (bicyclic) bond motifs is 1. The lowest BCUT2D eigenvalue weighted by molar-refractivity contribution is -0.105. The summed E-state index contributed by atoms with van der Waals surface area (Å²) in [5, 5.41) is 2.61. The van der Waals surface area contributed by atoms with Crippen LogP contribution >= 0.6 is 0 Å². The Morgan fingerprint density at radius 1 is 0.875 bits per heavy atom. The van der Waals surface area contributed by atoms with Crippen LogP contribution in [0.15, 0.2) is 42.5 Å². The van der Waals surface area contributed by atoms with Crippen molar-refractivity contribution in [2.24, 2.45) is 0 Å². The highest BCUT2D eigenvalue weighted by molar-refractivity contribution is 5.72. The number of nitrogens with one attached hydrogen (secondary N) is 1. The molecule has 2 aromatic carbocycles. The molecule has 2 aromatic rings. The minimum Gasteiger partial charge on any atom is -0.491 e. The van der Waals surface area contributed by atoms with Gasteiger partial charge in [0, 0.05) is 50.6 Å². The van der Waals surface area contributed by atoms with Crippen LogP contribution in [0.1, 0.15) is 12.0 Å². The number of aryl methyl sites for hydroxylation is 1. The summed E-state index contributed by atoms with van der Waals surface area (Å²) >= 11 is 0. The standard InChI is InChI=1S/C14H20N2O.C11H14N2O2/c1-15-7-9-16(10-8-15)13-6-2-4-12-5-3-11-17-14(12)13;14-9-12-10-1-3-11(4-2-10)13-5-7-15-8-6-13/h2,4,6H,3,5,7-11H2,1H3;1-4,9H,5-8H2,(H,12,14). The molecule has 1 N–H and O–H groups in total. The number of morpholine rings is 1. The van der Waals surface area contributed by atoms with Gasteiger partial charge >= 0.3 is 0 Å². The molecule has 0 spiro atoms. The molecule has 1 amide bonds. The fraction of sp³-hybridized carbons (Fsp3) is 0.480. The highest BCUT2D eigenvalue weighted by atomic mass is 16.5. The van der Waals surface area contributed by atoms with Gasteiger partial charge in [0.25, 0.3) is 0 Å². The molecule has 172 valence electrons. The normalized spacial score (nSPS) is 18.7. The van der Waals surface area contributed by atoms with E-state index >= 15 is 0 Å². The SMILES string of the molecule is CN1CCN(c2cccc3c2OCCC3)CC1.O=CNc1ccc(N2CCOCC2)cc1. The summed E-state index contributed by atoms with van der Waals surface area (Å²) in [7, 11) is 2.19. The van der Waals surface area contributed by atoms with E-state index in [4.69, 9.17) is 9.47 Å². The van der Waals surface area contributed by atoms with Crippen LogP contribution in [0.3, 0.4) is 0 Å². The summed E-state index contributed by atoms with van der Waals surface area (Å²) in [6.45, 7) is 8.81. The molecule has 2 fully saturated rings. The number of hydrogen-bond donors (Lipinski definition) is 1. The number of piperazine rings is 1. The van der Waals surface area contributed by atoms with E-state index in [2.05, 4.69) is 45.3 Å². The minimum absolute atomic E-state index is 0.684. The number of ether oxygens (including phenoxy) is 2. The first-order valence-corrected chi connectivity index (χ1v) is 11.6. The van der Waals surface area contributed by atoms with Crippen LogP contribution in [-0.2, 0) is 16.0 Å². The number of rotatable bonds is 4. The van der Waals surface area contributed by atoms with Crippen molar-refractivity contribution < 1.29 is 14.3 Å². The maximum absolute atomic E-state index is 10.2. The average Bonchev–Trinajstić information content (AvgIpc) is 2.86. The zero-order valence-electron chi connectivity index (χ0n) is 19.0. The predicted molar refractivity (Wildman–Crippen MR) is 129 cm³/mol. The molecule has 0 aliphatic carbocycles. The van der Waals surface area contributed by atoms with Crippen molar-refractivity contribution >= 4 is 23.5 Å². The Labute approximate surface area is 190 Å². The smallest absolute Gasteiger partial charge is 0.211 e. The van der Waals surface area contributed by atoms with Crippen LogP contribution in [-0.4, -0.2) is 77.4 Å². The van der Waals surface area contributed by atoms with Crippen molar-refractivity contribution in [1.82, 2.24) is 4.90 Å². The molecule has 0 aromatic heterocycles. The van der Waals surface area contributed by atoms with Crippen LogP contribution in [0.5, 0.6) is 5.75 Å². The lowest BCUT2D eigenvalue weighted by atomic mass is 10.0. The minimum atomic E-state index is 0.684. The van der Waals surface area contributed by atoms with Gasteiger partial charge in [0.05, 0.1) is 25.5 Å². The van der Waals surface area contributed by atoms with E-state index in [0.29, 0.717) is 6.41 Å². The second kappa shape index (κ2) is 11.2. The number of amides is 1. The average molecular weight is 439 g/mol. The molecule has 0 bridgehead atoms. The van der Waals surface area contributed by atoms with Crippen LogP contribution in [0, 0.1) is 0 Å². The van der Waals surface area contributed by atoms with Crippen molar-refractivity contribution in [2.75, 3.05) is 81.3 Å². The largest absolute Gasteiger partial charge is 0.491 e. The number of hydrogen-bond acceptors (Lipinski definition) is 6. The van der Waals surface area contributed by atoms with Gasteiger partial charge in [0.2, 0.25) is 6.41 Å². The molecule has 7 heteroatoms. The first-order chi connectivity index (χ1) is 15.7. The van der Waals surface area contributed by atoms with E-state index in [1.54, 1.807) is 0 Å². The topological polar surface area (TPSA) is 57.3 Å². The van der Waals surface area contributed by atoms with E-state index in [1.807, 2.05) is 24.3 Å². The summed E-state index contributed by atoms with van der Waals surface area (Å²) in [4.78, 5) is 17.3. The molecule has 32 heavy (non-hydrogen) atoms. The quantitative estimate of drug-likeness (QED) is 0.741. The second-order valence-electron chi connectivity index (χ2n) is 8.42. The van der Waals surface area contributed by atoms with Gasteiger partial charge in [-0.3, -0.25) is 4.79 Å². The Balaban J connectivity index is 0.000000155. The summed E-state index contributed by atoms with van der Waals surface area (Å²) in [6, 6.07) is 14.4. The summed E-state index contributed by atoms with van der Waals surface area (Å²) in [6.07, 6.45) is 3.00. The fourth-order valence-electron chi connectivity index (χ4n) is 4.33. The number of carbonyl (C=O) groups is 1. The van der Waals surface area contributed by atoms with Gasteiger partial charge in [0.1, 0.15) is 5.75 Å². The molecule has 7 nitrogen and oxygen atoms in total. The molecular weight excluding hydrogens is 404 g/mol. The molecule has 0 atom stereocenters. The molecule has 5 rings (SSSR count). The van der Waals surface area contributed by atoms with Crippen LogP contribution < -0.4 is 19.9 Å². The third-order valence-corrected chi connectivity index (χ3v) is 6.23. The Bertz CT molecular complexity index is 860. The summed E-state index contributed by atoms with van der Waals surface area (Å²) in [5.41, 5.74) is 4.68. The van der Waals surface area contributed by atoms with Crippen molar-refractivity contribution in [2.45, 2.75) is 12.8 Å². The molecule has 0 radical (unpaired) electrons. The van der Waals surface area contributed by atoms with Crippen LogP contribution in [0.2, 0.25) is 0 Å². The number of anilines is 3. The lowest BCUT2D eigenvalue weighted by Crippen LogP contribution is -2.44.